The van der Waals surface area contributed by atoms with Gasteiger partial charge in [0.1, 0.15) is 10.8 Å². The van der Waals surface area contributed by atoms with E-state index in [1.165, 1.54) is 22.7 Å². The fraction of sp³-hybridized carbons (Fsp3) is 0.211. The Morgan fingerprint density at radius 3 is 2.41 bits per heavy atom. The molecule has 2 aromatic carbocycles. The van der Waals surface area contributed by atoms with E-state index in [-0.39, 0.29) is 5.91 Å². The molecule has 0 saturated carbocycles. The van der Waals surface area contributed by atoms with Crippen LogP contribution >= 0.6 is 11.3 Å². The maximum Gasteiger partial charge on any atom is 0.257 e. The van der Waals surface area contributed by atoms with Gasteiger partial charge >= 0.3 is 0 Å². The lowest BCUT2D eigenvalue weighted by Crippen LogP contribution is -2.25. The summed E-state index contributed by atoms with van der Waals surface area (Å²) in [5, 5.41) is 11.9. The molecule has 0 saturated heterocycles. The third-order valence-electron chi connectivity index (χ3n) is 4.28. The van der Waals surface area contributed by atoms with Crippen molar-refractivity contribution in [3.63, 3.8) is 0 Å². The lowest BCUT2D eigenvalue weighted by molar-refractivity contribution is 0.102. The molecule has 0 aliphatic heterocycles. The lowest BCUT2D eigenvalue weighted by Gasteiger charge is -2.19. The van der Waals surface area contributed by atoms with Crippen molar-refractivity contribution < 1.29 is 17.9 Å². The minimum atomic E-state index is -3.38. The topological polar surface area (TPSA) is 101 Å². The van der Waals surface area contributed by atoms with Gasteiger partial charge in [-0.2, -0.15) is 0 Å². The molecule has 1 amide bonds. The molecule has 1 aromatic heterocycles. The summed E-state index contributed by atoms with van der Waals surface area (Å²) < 4.78 is 29.8. The third kappa shape index (κ3) is 4.72. The second-order valence-corrected chi connectivity index (χ2v) is 9.32. The molecule has 8 nitrogen and oxygen atoms in total. The number of nitrogens with zero attached hydrogens (tertiary/aromatic N) is 3. The molecule has 0 atom stereocenters. The van der Waals surface area contributed by atoms with E-state index in [0.717, 1.165) is 17.6 Å². The van der Waals surface area contributed by atoms with Crippen molar-refractivity contribution in [2.24, 2.45) is 0 Å². The van der Waals surface area contributed by atoms with Gasteiger partial charge in [0.2, 0.25) is 15.2 Å². The SMILES string of the molecule is COc1ccc(-c2nnc(NC(=O)c3ccc(N(C)S(C)(=O)=O)c(C)c3)s2)cc1. The van der Waals surface area contributed by atoms with Crippen LogP contribution in [0, 0.1) is 6.92 Å². The van der Waals surface area contributed by atoms with E-state index in [0.29, 0.717) is 27.0 Å². The monoisotopic (exact) mass is 432 g/mol. The summed E-state index contributed by atoms with van der Waals surface area (Å²) in [5.41, 5.74) is 2.45. The standard InChI is InChI=1S/C19H20N4O4S2/c1-12-11-14(7-10-16(12)23(2)29(4,25)26)17(24)20-19-22-21-18(28-19)13-5-8-15(27-3)9-6-13/h5-11H,1-4H3,(H,20,22,24). The van der Waals surface area contributed by atoms with Crippen molar-refractivity contribution in [2.45, 2.75) is 6.92 Å². The summed E-state index contributed by atoms with van der Waals surface area (Å²) in [6, 6.07) is 12.2. The number of hydrogen-bond donors (Lipinski definition) is 1. The maximum atomic E-state index is 12.6. The first kappa shape index (κ1) is 20.7. The molecule has 0 aliphatic carbocycles. The number of amides is 1. The fourth-order valence-corrected chi connectivity index (χ4v) is 3.93. The van der Waals surface area contributed by atoms with Gasteiger partial charge in [0, 0.05) is 18.2 Å². The molecule has 10 heteroatoms. The van der Waals surface area contributed by atoms with Crippen LogP contribution in [0.4, 0.5) is 10.8 Å². The fourth-order valence-electron chi connectivity index (χ4n) is 2.62. The summed E-state index contributed by atoms with van der Waals surface area (Å²) in [6.45, 7) is 1.75. The van der Waals surface area contributed by atoms with Crippen LogP contribution in [0.3, 0.4) is 0 Å². The zero-order valence-electron chi connectivity index (χ0n) is 16.3. The van der Waals surface area contributed by atoms with Crippen molar-refractivity contribution >= 4 is 38.1 Å². The van der Waals surface area contributed by atoms with E-state index in [1.54, 1.807) is 32.2 Å². The Bertz CT molecular complexity index is 1140. The molecule has 0 bridgehead atoms. The molecule has 152 valence electrons. The Kier molecular flexibility index (Phi) is 5.85. The quantitative estimate of drug-likeness (QED) is 0.642. The Labute approximate surface area is 173 Å². The molecule has 0 aliphatic rings. The summed E-state index contributed by atoms with van der Waals surface area (Å²) in [7, 11) is -0.310. The summed E-state index contributed by atoms with van der Waals surface area (Å²) in [5.74, 6) is 0.395. The Hall–Kier alpha value is -2.98. The number of aromatic nitrogens is 2. The summed E-state index contributed by atoms with van der Waals surface area (Å²) in [6.07, 6.45) is 1.13. The van der Waals surface area contributed by atoms with Crippen molar-refractivity contribution in [1.82, 2.24) is 10.2 Å². The van der Waals surface area contributed by atoms with Gasteiger partial charge in [-0.15, -0.1) is 10.2 Å². The van der Waals surface area contributed by atoms with Gasteiger partial charge in [-0.3, -0.25) is 14.4 Å². The van der Waals surface area contributed by atoms with Crippen LogP contribution in [0.15, 0.2) is 42.5 Å². The second kappa shape index (κ2) is 8.18. The minimum absolute atomic E-state index is 0.348. The average Bonchev–Trinajstić information content (AvgIpc) is 3.15. The van der Waals surface area contributed by atoms with Crippen molar-refractivity contribution in [3.8, 4) is 16.3 Å². The van der Waals surface area contributed by atoms with E-state index < -0.39 is 10.0 Å². The van der Waals surface area contributed by atoms with E-state index >= 15 is 0 Å². The molecule has 0 fully saturated rings. The molecule has 1 heterocycles. The number of sulfonamides is 1. The highest BCUT2D eigenvalue weighted by atomic mass is 32.2. The number of benzene rings is 2. The predicted octanol–water partition coefficient (Wildman–Crippen LogP) is 3.17. The largest absolute Gasteiger partial charge is 0.497 e. The van der Waals surface area contributed by atoms with Gasteiger partial charge in [0.15, 0.2) is 0 Å². The van der Waals surface area contributed by atoms with Crippen molar-refractivity contribution in [1.29, 1.82) is 0 Å². The smallest absolute Gasteiger partial charge is 0.257 e. The van der Waals surface area contributed by atoms with Crippen LogP contribution < -0.4 is 14.4 Å². The number of nitrogens with one attached hydrogen (secondary N) is 1. The second-order valence-electron chi connectivity index (χ2n) is 6.33. The molecule has 29 heavy (non-hydrogen) atoms. The lowest BCUT2D eigenvalue weighted by atomic mass is 10.1. The van der Waals surface area contributed by atoms with Crippen molar-refractivity contribution in [2.75, 3.05) is 30.0 Å². The molecule has 0 radical (unpaired) electrons. The zero-order valence-corrected chi connectivity index (χ0v) is 18.0. The van der Waals surface area contributed by atoms with Crippen LogP contribution in [-0.4, -0.2) is 44.9 Å². The molecule has 3 aromatic rings. The van der Waals surface area contributed by atoms with E-state index in [4.69, 9.17) is 4.74 Å². The number of carbonyl (C=O) groups excluding carboxylic acids is 1. The normalized spacial score (nSPS) is 11.2. The third-order valence-corrected chi connectivity index (χ3v) is 6.36. The summed E-state index contributed by atoms with van der Waals surface area (Å²) in [4.78, 5) is 12.6. The summed E-state index contributed by atoms with van der Waals surface area (Å²) >= 11 is 1.26. The number of rotatable bonds is 6. The van der Waals surface area contributed by atoms with E-state index in [9.17, 15) is 13.2 Å². The first-order valence-corrected chi connectivity index (χ1v) is 11.2. The first-order valence-electron chi connectivity index (χ1n) is 8.53. The van der Waals surface area contributed by atoms with Gasteiger partial charge in [0.25, 0.3) is 5.91 Å². The van der Waals surface area contributed by atoms with E-state index in [2.05, 4.69) is 15.5 Å². The highest BCUT2D eigenvalue weighted by molar-refractivity contribution is 7.92. The Morgan fingerprint density at radius 1 is 1.14 bits per heavy atom. The van der Waals surface area contributed by atoms with Gasteiger partial charge in [0.05, 0.1) is 19.1 Å². The highest BCUT2D eigenvalue weighted by Crippen LogP contribution is 2.28. The van der Waals surface area contributed by atoms with Gasteiger partial charge in [-0.25, -0.2) is 8.42 Å². The molecule has 3 rings (SSSR count). The average molecular weight is 433 g/mol. The number of ether oxygens (including phenoxy) is 1. The van der Waals surface area contributed by atoms with Crippen LogP contribution in [0.5, 0.6) is 5.75 Å². The number of anilines is 2. The minimum Gasteiger partial charge on any atom is -0.497 e. The van der Waals surface area contributed by atoms with Gasteiger partial charge < -0.3 is 4.74 Å². The maximum absolute atomic E-state index is 12.6. The van der Waals surface area contributed by atoms with E-state index in [1.807, 2.05) is 24.3 Å². The van der Waals surface area contributed by atoms with Crippen LogP contribution in [0.1, 0.15) is 15.9 Å². The molecular weight excluding hydrogens is 412 g/mol. The first-order chi connectivity index (χ1) is 13.7. The predicted molar refractivity (Wildman–Crippen MR) is 114 cm³/mol. The molecular formula is C19H20N4O4S2. The number of hydrogen-bond acceptors (Lipinski definition) is 7. The number of carbonyl (C=O) groups is 1. The Balaban J connectivity index is 1.75. The van der Waals surface area contributed by atoms with Crippen LogP contribution in [0.25, 0.3) is 10.6 Å². The number of aryl methyl sites for hydroxylation is 1. The van der Waals surface area contributed by atoms with Gasteiger partial charge in [-0.05, 0) is 55.0 Å². The van der Waals surface area contributed by atoms with Gasteiger partial charge in [-0.1, -0.05) is 11.3 Å². The zero-order chi connectivity index (χ0) is 21.2. The molecule has 1 N–H and O–H groups in total. The molecule has 0 unspecified atom stereocenters. The van der Waals surface area contributed by atoms with Crippen LogP contribution in [0.2, 0.25) is 0 Å². The highest BCUT2D eigenvalue weighted by Gasteiger charge is 2.17. The number of methoxy groups -OCH3 is 1. The Morgan fingerprint density at radius 2 is 1.83 bits per heavy atom. The van der Waals surface area contributed by atoms with Crippen LogP contribution in [-0.2, 0) is 10.0 Å². The molecule has 0 spiro atoms. The van der Waals surface area contributed by atoms with Crippen molar-refractivity contribution in [3.05, 3.63) is 53.6 Å².